The number of amides is 1. The molecular formula is C19H23FN2O3. The van der Waals surface area contributed by atoms with E-state index in [0.717, 1.165) is 0 Å². The van der Waals surface area contributed by atoms with Gasteiger partial charge in [0.25, 0.3) is 5.91 Å². The van der Waals surface area contributed by atoms with Crippen molar-refractivity contribution in [3.8, 4) is 5.75 Å². The zero-order valence-corrected chi connectivity index (χ0v) is 14.8. The molecule has 0 bridgehead atoms. The van der Waals surface area contributed by atoms with E-state index >= 15 is 0 Å². The molecule has 0 fully saturated rings. The summed E-state index contributed by atoms with van der Waals surface area (Å²) in [5.41, 5.74) is 1.25. The van der Waals surface area contributed by atoms with Crippen molar-refractivity contribution >= 4 is 11.6 Å². The molecule has 2 rings (SSSR count). The van der Waals surface area contributed by atoms with E-state index in [1.807, 2.05) is 0 Å². The number of hydrogen-bond donors (Lipinski definition) is 2. The number of hydrogen-bond acceptors (Lipinski definition) is 4. The van der Waals surface area contributed by atoms with Gasteiger partial charge < -0.3 is 20.1 Å². The third-order valence-corrected chi connectivity index (χ3v) is 4.00. The van der Waals surface area contributed by atoms with Crippen LogP contribution >= 0.6 is 0 Å². The largest absolute Gasteiger partial charge is 0.497 e. The predicted octanol–water partition coefficient (Wildman–Crippen LogP) is 2.75. The van der Waals surface area contributed by atoms with Gasteiger partial charge in [0.05, 0.1) is 24.8 Å². The minimum Gasteiger partial charge on any atom is -0.497 e. The lowest BCUT2D eigenvalue weighted by Gasteiger charge is -2.21. The summed E-state index contributed by atoms with van der Waals surface area (Å²) >= 11 is 0. The van der Waals surface area contributed by atoms with E-state index in [0.29, 0.717) is 17.0 Å². The van der Waals surface area contributed by atoms with Crippen LogP contribution in [0.25, 0.3) is 0 Å². The molecule has 2 unspecified atom stereocenters. The lowest BCUT2D eigenvalue weighted by molar-refractivity contribution is 0.0848. The first-order chi connectivity index (χ1) is 11.8. The summed E-state index contributed by atoms with van der Waals surface area (Å²) in [6.45, 7) is 1.67. The van der Waals surface area contributed by atoms with Gasteiger partial charge in [-0.15, -0.1) is 0 Å². The first kappa shape index (κ1) is 18.7. The van der Waals surface area contributed by atoms with Gasteiger partial charge in [-0.1, -0.05) is 12.1 Å². The number of halogens is 1. The summed E-state index contributed by atoms with van der Waals surface area (Å²) in [6.07, 6.45) is -0.918. The SMILES string of the molecule is COc1ccc(C(O)C(C)NC(=O)c2ccc(N(C)C)cc2F)cc1. The Labute approximate surface area is 147 Å². The highest BCUT2D eigenvalue weighted by Gasteiger charge is 2.21. The Hall–Kier alpha value is -2.60. The van der Waals surface area contributed by atoms with Crippen molar-refractivity contribution in [3.63, 3.8) is 0 Å². The number of aliphatic hydroxyl groups excluding tert-OH is 1. The van der Waals surface area contributed by atoms with Gasteiger partial charge in [-0.05, 0) is 42.8 Å². The van der Waals surface area contributed by atoms with Crippen LogP contribution in [-0.2, 0) is 0 Å². The Balaban J connectivity index is 2.08. The van der Waals surface area contributed by atoms with Crippen molar-refractivity contribution < 1.29 is 19.0 Å². The molecule has 2 aromatic carbocycles. The van der Waals surface area contributed by atoms with Crippen LogP contribution in [0.1, 0.15) is 28.9 Å². The maximum absolute atomic E-state index is 14.2. The molecule has 0 aromatic heterocycles. The van der Waals surface area contributed by atoms with E-state index < -0.39 is 23.9 Å². The number of anilines is 1. The monoisotopic (exact) mass is 346 g/mol. The molecule has 0 aliphatic rings. The number of rotatable bonds is 6. The number of nitrogens with zero attached hydrogens (tertiary/aromatic N) is 1. The molecule has 25 heavy (non-hydrogen) atoms. The van der Waals surface area contributed by atoms with Crippen molar-refractivity contribution in [1.82, 2.24) is 5.32 Å². The summed E-state index contributed by atoms with van der Waals surface area (Å²) in [5.74, 6) is -0.492. The molecule has 5 nitrogen and oxygen atoms in total. The van der Waals surface area contributed by atoms with Gasteiger partial charge in [0.1, 0.15) is 11.6 Å². The number of methoxy groups -OCH3 is 1. The number of ether oxygens (including phenoxy) is 1. The normalized spacial score (nSPS) is 13.0. The second-order valence-electron chi connectivity index (χ2n) is 6.04. The molecule has 0 saturated heterocycles. The van der Waals surface area contributed by atoms with Crippen LogP contribution in [0.3, 0.4) is 0 Å². The molecule has 0 spiro atoms. The standard InChI is InChI=1S/C19H23FN2O3/c1-12(18(23)13-5-8-15(25-4)9-6-13)21-19(24)16-10-7-14(22(2)3)11-17(16)20/h5-12,18,23H,1-4H3,(H,21,24). The third kappa shape index (κ3) is 4.48. The fourth-order valence-electron chi connectivity index (χ4n) is 2.42. The first-order valence-corrected chi connectivity index (χ1v) is 7.93. The van der Waals surface area contributed by atoms with Gasteiger partial charge in [-0.3, -0.25) is 4.79 Å². The lowest BCUT2D eigenvalue weighted by atomic mass is 10.0. The van der Waals surface area contributed by atoms with Crippen molar-refractivity contribution in [1.29, 1.82) is 0 Å². The van der Waals surface area contributed by atoms with Crippen molar-refractivity contribution in [2.75, 3.05) is 26.1 Å². The second kappa shape index (κ2) is 7.98. The molecule has 0 aliphatic heterocycles. The maximum Gasteiger partial charge on any atom is 0.254 e. The van der Waals surface area contributed by atoms with Crippen LogP contribution in [0.4, 0.5) is 10.1 Å². The van der Waals surface area contributed by atoms with Crippen molar-refractivity contribution in [2.24, 2.45) is 0 Å². The minimum absolute atomic E-state index is 0.0561. The predicted molar refractivity (Wildman–Crippen MR) is 95.6 cm³/mol. The highest BCUT2D eigenvalue weighted by Crippen LogP contribution is 2.21. The molecular weight excluding hydrogens is 323 g/mol. The Bertz CT molecular complexity index is 732. The molecule has 2 N–H and O–H groups in total. The smallest absolute Gasteiger partial charge is 0.254 e. The molecule has 1 amide bonds. The lowest BCUT2D eigenvalue weighted by Crippen LogP contribution is -2.37. The van der Waals surface area contributed by atoms with Crippen LogP contribution in [0.2, 0.25) is 0 Å². The van der Waals surface area contributed by atoms with Gasteiger partial charge in [-0.25, -0.2) is 4.39 Å². The van der Waals surface area contributed by atoms with Crippen molar-refractivity contribution in [2.45, 2.75) is 19.1 Å². The number of carbonyl (C=O) groups is 1. The minimum atomic E-state index is -0.918. The topological polar surface area (TPSA) is 61.8 Å². The van der Waals surface area contributed by atoms with Gasteiger partial charge in [0, 0.05) is 19.8 Å². The van der Waals surface area contributed by atoms with E-state index in [4.69, 9.17) is 4.74 Å². The van der Waals surface area contributed by atoms with E-state index in [9.17, 15) is 14.3 Å². The molecule has 0 radical (unpaired) electrons. The number of aliphatic hydroxyl groups is 1. The number of benzene rings is 2. The zero-order chi connectivity index (χ0) is 18.6. The van der Waals surface area contributed by atoms with Crippen LogP contribution < -0.4 is 15.0 Å². The summed E-state index contributed by atoms with van der Waals surface area (Å²) in [4.78, 5) is 14.0. The van der Waals surface area contributed by atoms with Crippen LogP contribution in [0.5, 0.6) is 5.75 Å². The Morgan fingerprint density at radius 3 is 2.36 bits per heavy atom. The summed E-state index contributed by atoms with van der Waals surface area (Å²) in [5, 5.41) is 13.0. The molecule has 6 heteroatoms. The highest BCUT2D eigenvalue weighted by atomic mass is 19.1. The fourth-order valence-corrected chi connectivity index (χ4v) is 2.42. The van der Waals surface area contributed by atoms with Crippen LogP contribution in [-0.4, -0.2) is 38.3 Å². The van der Waals surface area contributed by atoms with Crippen LogP contribution in [0.15, 0.2) is 42.5 Å². The zero-order valence-electron chi connectivity index (χ0n) is 14.8. The maximum atomic E-state index is 14.2. The molecule has 2 aromatic rings. The second-order valence-corrected chi connectivity index (χ2v) is 6.04. The number of carbonyl (C=O) groups excluding carboxylic acids is 1. The van der Waals surface area contributed by atoms with Gasteiger partial charge in [0.15, 0.2) is 0 Å². The molecule has 0 aliphatic carbocycles. The Morgan fingerprint density at radius 1 is 1.20 bits per heavy atom. The van der Waals surface area contributed by atoms with Crippen molar-refractivity contribution in [3.05, 3.63) is 59.4 Å². The summed E-state index contributed by atoms with van der Waals surface area (Å²) < 4.78 is 19.2. The molecule has 0 saturated carbocycles. The van der Waals surface area contributed by atoms with Gasteiger partial charge >= 0.3 is 0 Å². The van der Waals surface area contributed by atoms with E-state index in [-0.39, 0.29) is 5.56 Å². The first-order valence-electron chi connectivity index (χ1n) is 7.93. The fraction of sp³-hybridized carbons (Fsp3) is 0.316. The van der Waals surface area contributed by atoms with E-state index in [2.05, 4.69) is 5.32 Å². The number of nitrogens with one attached hydrogen (secondary N) is 1. The van der Waals surface area contributed by atoms with Gasteiger partial charge in [-0.2, -0.15) is 0 Å². The average Bonchev–Trinajstić information content (AvgIpc) is 2.60. The Kier molecular flexibility index (Phi) is 5.98. The van der Waals surface area contributed by atoms with Crippen LogP contribution in [0, 0.1) is 5.82 Å². The highest BCUT2D eigenvalue weighted by molar-refractivity contribution is 5.95. The molecule has 0 heterocycles. The molecule has 2 atom stereocenters. The molecule has 134 valence electrons. The Morgan fingerprint density at radius 2 is 1.84 bits per heavy atom. The van der Waals surface area contributed by atoms with E-state index in [1.165, 1.54) is 12.1 Å². The quantitative estimate of drug-likeness (QED) is 0.844. The summed E-state index contributed by atoms with van der Waals surface area (Å²) in [6, 6.07) is 10.7. The third-order valence-electron chi connectivity index (χ3n) is 4.00. The average molecular weight is 346 g/mol. The van der Waals surface area contributed by atoms with E-state index in [1.54, 1.807) is 63.4 Å². The summed E-state index contributed by atoms with van der Waals surface area (Å²) in [7, 11) is 5.15. The van der Waals surface area contributed by atoms with Gasteiger partial charge in [0.2, 0.25) is 0 Å².